The van der Waals surface area contributed by atoms with Gasteiger partial charge in [0, 0.05) is 23.8 Å². The van der Waals surface area contributed by atoms with Crippen LogP contribution in [0.4, 0.5) is 0 Å². The third-order valence-electron chi connectivity index (χ3n) is 2.96. The lowest BCUT2D eigenvalue weighted by Gasteiger charge is -2.11. The Balaban J connectivity index is 1.73. The van der Waals surface area contributed by atoms with E-state index in [0.29, 0.717) is 6.04 Å². The van der Waals surface area contributed by atoms with Crippen LogP contribution in [-0.4, -0.2) is 22.0 Å². The van der Waals surface area contributed by atoms with Crippen LogP contribution in [0.5, 0.6) is 0 Å². The van der Waals surface area contributed by atoms with Gasteiger partial charge in [-0.15, -0.1) is 11.3 Å². The Hall–Kier alpha value is -0.870. The minimum absolute atomic E-state index is 0.624. The van der Waals surface area contributed by atoms with E-state index in [0.717, 1.165) is 17.9 Å². The molecular weight excluding hydrogens is 230 g/mol. The maximum Gasteiger partial charge on any atom is 0.193 e. The monoisotopic (exact) mass is 251 g/mol. The Bertz CT molecular complexity index is 418. The zero-order valence-corrected chi connectivity index (χ0v) is 11.5. The minimum atomic E-state index is 0.624. The molecule has 17 heavy (non-hydrogen) atoms. The molecule has 94 valence electrons. The number of imidazole rings is 1. The van der Waals surface area contributed by atoms with Gasteiger partial charge >= 0.3 is 0 Å². The first-order valence-corrected chi connectivity index (χ1v) is 7.32. The highest BCUT2D eigenvalue weighted by Gasteiger charge is 2.04. The van der Waals surface area contributed by atoms with Crippen LogP contribution in [0.2, 0.25) is 0 Å². The second-order valence-electron chi connectivity index (χ2n) is 4.57. The number of hydrogen-bond donors (Lipinski definition) is 1. The lowest BCUT2D eigenvalue weighted by atomic mass is 10.1. The number of thiazole rings is 1. The Morgan fingerprint density at radius 1 is 1.53 bits per heavy atom. The fourth-order valence-electron chi connectivity index (χ4n) is 1.98. The SMILES string of the molecule is CCCNC(C)CCCc1cn2ccsc2n1. The highest BCUT2D eigenvalue weighted by Crippen LogP contribution is 2.13. The molecule has 0 radical (unpaired) electrons. The number of aryl methyl sites for hydroxylation is 1. The molecule has 2 rings (SSSR count). The summed E-state index contributed by atoms with van der Waals surface area (Å²) in [7, 11) is 0. The van der Waals surface area contributed by atoms with Crippen molar-refractivity contribution in [1.82, 2.24) is 14.7 Å². The fraction of sp³-hybridized carbons (Fsp3) is 0.615. The molecule has 0 bridgehead atoms. The molecule has 0 saturated carbocycles. The fourth-order valence-corrected chi connectivity index (χ4v) is 2.70. The van der Waals surface area contributed by atoms with E-state index in [1.165, 1.54) is 25.0 Å². The van der Waals surface area contributed by atoms with E-state index in [1.807, 2.05) is 0 Å². The number of rotatable bonds is 7. The number of aromatic nitrogens is 2. The molecule has 1 N–H and O–H groups in total. The van der Waals surface area contributed by atoms with Gasteiger partial charge in [0.2, 0.25) is 0 Å². The van der Waals surface area contributed by atoms with Crippen molar-refractivity contribution in [1.29, 1.82) is 0 Å². The van der Waals surface area contributed by atoms with Crippen molar-refractivity contribution in [3.05, 3.63) is 23.5 Å². The van der Waals surface area contributed by atoms with E-state index < -0.39 is 0 Å². The summed E-state index contributed by atoms with van der Waals surface area (Å²) in [6, 6.07) is 0.624. The lowest BCUT2D eigenvalue weighted by Crippen LogP contribution is -2.26. The predicted molar refractivity (Wildman–Crippen MR) is 73.8 cm³/mol. The van der Waals surface area contributed by atoms with E-state index in [-0.39, 0.29) is 0 Å². The van der Waals surface area contributed by atoms with E-state index in [9.17, 15) is 0 Å². The van der Waals surface area contributed by atoms with Crippen molar-refractivity contribution in [2.75, 3.05) is 6.54 Å². The second kappa shape index (κ2) is 6.17. The van der Waals surface area contributed by atoms with Crippen molar-refractivity contribution in [2.45, 2.75) is 45.6 Å². The second-order valence-corrected chi connectivity index (χ2v) is 5.45. The van der Waals surface area contributed by atoms with Crippen LogP contribution in [0.1, 0.15) is 38.8 Å². The molecule has 2 heterocycles. The summed E-state index contributed by atoms with van der Waals surface area (Å²) < 4.78 is 2.11. The van der Waals surface area contributed by atoms with Crippen molar-refractivity contribution in [3.8, 4) is 0 Å². The number of nitrogens with one attached hydrogen (secondary N) is 1. The summed E-state index contributed by atoms with van der Waals surface area (Å²) in [4.78, 5) is 5.70. The lowest BCUT2D eigenvalue weighted by molar-refractivity contribution is 0.497. The zero-order chi connectivity index (χ0) is 12.1. The van der Waals surface area contributed by atoms with Gasteiger partial charge in [0.25, 0.3) is 0 Å². The summed E-state index contributed by atoms with van der Waals surface area (Å²) in [6.07, 6.45) is 8.96. The van der Waals surface area contributed by atoms with Crippen molar-refractivity contribution < 1.29 is 0 Å². The largest absolute Gasteiger partial charge is 0.314 e. The average Bonchev–Trinajstić information content (AvgIpc) is 2.86. The first-order valence-electron chi connectivity index (χ1n) is 6.44. The third kappa shape index (κ3) is 3.54. The Kier molecular flexibility index (Phi) is 4.57. The van der Waals surface area contributed by atoms with Crippen LogP contribution in [0.25, 0.3) is 4.96 Å². The summed E-state index contributed by atoms with van der Waals surface area (Å²) in [5.74, 6) is 0. The van der Waals surface area contributed by atoms with Gasteiger partial charge in [-0.2, -0.15) is 0 Å². The highest BCUT2D eigenvalue weighted by molar-refractivity contribution is 7.15. The summed E-state index contributed by atoms with van der Waals surface area (Å²) in [5, 5.41) is 5.59. The maximum atomic E-state index is 4.59. The van der Waals surface area contributed by atoms with Gasteiger partial charge < -0.3 is 5.32 Å². The molecule has 1 unspecified atom stereocenters. The number of nitrogens with zero attached hydrogens (tertiary/aromatic N) is 2. The van der Waals surface area contributed by atoms with Crippen molar-refractivity contribution >= 4 is 16.3 Å². The normalized spacial score (nSPS) is 13.3. The topological polar surface area (TPSA) is 29.3 Å². The van der Waals surface area contributed by atoms with Crippen LogP contribution < -0.4 is 5.32 Å². The molecule has 0 aliphatic carbocycles. The average molecular weight is 251 g/mol. The highest BCUT2D eigenvalue weighted by atomic mass is 32.1. The van der Waals surface area contributed by atoms with Gasteiger partial charge in [-0.25, -0.2) is 4.98 Å². The van der Waals surface area contributed by atoms with E-state index in [1.54, 1.807) is 11.3 Å². The molecule has 1 atom stereocenters. The standard InChI is InChI=1S/C13H21N3S/c1-3-7-14-11(2)5-4-6-12-10-16-8-9-17-13(16)15-12/h8-11,14H,3-7H2,1-2H3. The predicted octanol–water partition coefficient (Wildman–Crippen LogP) is 3.11. The Morgan fingerprint density at radius 3 is 3.18 bits per heavy atom. The summed E-state index contributed by atoms with van der Waals surface area (Å²) in [6.45, 7) is 5.60. The van der Waals surface area contributed by atoms with Crippen molar-refractivity contribution in [2.24, 2.45) is 0 Å². The maximum absolute atomic E-state index is 4.59. The van der Waals surface area contributed by atoms with Crippen LogP contribution in [0, 0.1) is 0 Å². The molecule has 0 aromatic carbocycles. The summed E-state index contributed by atoms with van der Waals surface area (Å²) in [5.41, 5.74) is 1.22. The van der Waals surface area contributed by atoms with Gasteiger partial charge in [-0.05, 0) is 39.2 Å². The van der Waals surface area contributed by atoms with E-state index >= 15 is 0 Å². The number of fused-ring (bicyclic) bond motifs is 1. The molecule has 0 saturated heterocycles. The van der Waals surface area contributed by atoms with Gasteiger partial charge in [0.05, 0.1) is 5.69 Å². The van der Waals surface area contributed by atoms with Crippen LogP contribution in [0.15, 0.2) is 17.8 Å². The van der Waals surface area contributed by atoms with Gasteiger partial charge in [0.1, 0.15) is 0 Å². The minimum Gasteiger partial charge on any atom is -0.314 e. The molecule has 0 amide bonds. The van der Waals surface area contributed by atoms with Crippen LogP contribution >= 0.6 is 11.3 Å². The molecule has 0 aliphatic heterocycles. The first kappa shape index (κ1) is 12.6. The number of hydrogen-bond acceptors (Lipinski definition) is 3. The van der Waals surface area contributed by atoms with Gasteiger partial charge in [0.15, 0.2) is 4.96 Å². The van der Waals surface area contributed by atoms with Gasteiger partial charge in [-0.3, -0.25) is 4.40 Å². The smallest absolute Gasteiger partial charge is 0.193 e. The van der Waals surface area contributed by atoms with Gasteiger partial charge in [-0.1, -0.05) is 6.92 Å². The third-order valence-corrected chi connectivity index (χ3v) is 3.73. The molecule has 2 aromatic heterocycles. The first-order chi connectivity index (χ1) is 8.29. The molecular formula is C13H21N3S. The molecule has 0 aliphatic rings. The molecule has 2 aromatic rings. The van der Waals surface area contributed by atoms with Crippen molar-refractivity contribution in [3.63, 3.8) is 0 Å². The molecule has 0 fully saturated rings. The Labute approximate surface area is 107 Å². The van der Waals surface area contributed by atoms with Crippen LogP contribution in [0.3, 0.4) is 0 Å². The molecule has 4 heteroatoms. The quantitative estimate of drug-likeness (QED) is 0.819. The zero-order valence-electron chi connectivity index (χ0n) is 10.6. The van der Waals surface area contributed by atoms with Crippen LogP contribution in [-0.2, 0) is 6.42 Å². The van der Waals surface area contributed by atoms with E-state index in [2.05, 4.69) is 46.3 Å². The molecule has 0 spiro atoms. The summed E-state index contributed by atoms with van der Waals surface area (Å²) >= 11 is 1.70. The van der Waals surface area contributed by atoms with E-state index in [4.69, 9.17) is 0 Å². The molecule has 3 nitrogen and oxygen atoms in total. The Morgan fingerprint density at radius 2 is 2.41 bits per heavy atom.